The van der Waals surface area contributed by atoms with Crippen LogP contribution < -0.4 is 4.89 Å². The van der Waals surface area contributed by atoms with Crippen LogP contribution in [0.15, 0.2) is 0 Å². The molecule has 0 saturated heterocycles. The second kappa shape index (κ2) is 7.92. The Balaban J connectivity index is 0. The van der Waals surface area contributed by atoms with Crippen LogP contribution in [0, 0.1) is 39.9 Å². The Hall–Kier alpha value is 0.815. The number of carbonyl (C=O) groups is 1. The topological polar surface area (TPSA) is 86.7 Å². The van der Waals surface area contributed by atoms with Crippen molar-refractivity contribution in [2.24, 2.45) is 0 Å². The number of aliphatic carboxylic acids is 1. The molecule has 0 fully saturated rings. The van der Waals surface area contributed by atoms with Crippen molar-refractivity contribution in [3.05, 3.63) is 0 Å². The molecular weight excluding hydrogens is 379 g/mol. The number of hydrogen-bond donors (Lipinski definition) is 1. The van der Waals surface area contributed by atoms with Gasteiger partial charge in [-0.25, -0.2) is 0 Å². The summed E-state index contributed by atoms with van der Waals surface area (Å²) in [6, 6.07) is 0. The summed E-state index contributed by atoms with van der Waals surface area (Å²) in [4.78, 5) is 19.3. The molecule has 54 valence electrons. The summed E-state index contributed by atoms with van der Waals surface area (Å²) in [7, 11) is -2.89. The normalized spacial score (nSPS) is 9.90. The van der Waals surface area contributed by atoms with E-state index in [0.29, 0.717) is 0 Å². The zero-order valence-electron chi connectivity index (χ0n) is 4.94. The van der Waals surface area contributed by atoms with Gasteiger partial charge >= 0.3 is 54.2 Å². The second-order valence-corrected chi connectivity index (χ2v) is 1.91. The Kier molecular flexibility index (Phi) is 10.6. The van der Waals surface area contributed by atoms with E-state index >= 15 is 0 Å². The van der Waals surface area contributed by atoms with Gasteiger partial charge < -0.3 is 10.00 Å². The molecule has 0 aromatic heterocycles. The van der Waals surface area contributed by atoms with Crippen LogP contribution in [-0.4, -0.2) is 17.7 Å². The van der Waals surface area contributed by atoms with Crippen molar-refractivity contribution in [3.8, 4) is 0 Å². The molecule has 1 atom stereocenters. The van der Waals surface area contributed by atoms with Crippen LogP contribution in [0.1, 0.15) is 6.42 Å². The third-order valence-electron chi connectivity index (χ3n) is 0.513. The quantitative estimate of drug-likeness (QED) is 0.661. The number of hydrogen-bond acceptors (Lipinski definition) is 4. The molecule has 0 radical (unpaired) electrons. The minimum absolute atomic E-state index is 0. The van der Waals surface area contributed by atoms with Crippen LogP contribution in [0.25, 0.3) is 0 Å². The summed E-state index contributed by atoms with van der Waals surface area (Å²) < 4.78 is 13.5. The van der Waals surface area contributed by atoms with Crippen LogP contribution in [-0.2, 0) is 13.9 Å². The fraction of sp³-hybridized carbons (Fsp3) is 0.667. The summed E-state index contributed by atoms with van der Waals surface area (Å²) in [5.41, 5.74) is 0. The van der Waals surface area contributed by atoms with Gasteiger partial charge in [0.1, 0.15) is 6.61 Å². The average Bonchev–Trinajstić information content (AvgIpc) is 1.63. The van der Waals surface area contributed by atoms with Gasteiger partial charge in [0.25, 0.3) is 0 Å². The first-order chi connectivity index (χ1) is 4.13. The maximum Gasteiger partial charge on any atom is 2.00 e. The fourth-order valence-corrected chi connectivity index (χ4v) is 0.448. The van der Waals surface area contributed by atoms with Crippen molar-refractivity contribution in [2.75, 3.05) is 6.61 Å². The molecule has 1 unspecified atom stereocenters. The van der Waals surface area contributed by atoms with E-state index in [1.54, 1.807) is 0 Å². The van der Waals surface area contributed by atoms with Crippen LogP contribution in [0.2, 0.25) is 0 Å². The van der Waals surface area contributed by atoms with Gasteiger partial charge in [0.15, 0.2) is 0 Å². The van der Waals surface area contributed by atoms with Gasteiger partial charge in [0, 0.05) is 0 Å². The first-order valence-corrected chi connectivity index (χ1v) is 3.21. The molecule has 0 aromatic rings. The van der Waals surface area contributed by atoms with Gasteiger partial charge in [-0.3, -0.25) is 4.79 Å². The van der Waals surface area contributed by atoms with Crippen LogP contribution in [0.5, 0.6) is 0 Å². The molecule has 0 heterocycles. The van der Waals surface area contributed by atoms with Crippen molar-refractivity contribution >= 4 is 14.2 Å². The smallest absolute Gasteiger partial charge is 0.566 e. The van der Waals surface area contributed by atoms with E-state index in [0.717, 1.165) is 0 Å². The minimum Gasteiger partial charge on any atom is -0.566 e. The number of carboxylic acid groups (broad SMARTS) is 1. The van der Waals surface area contributed by atoms with Gasteiger partial charge in [-0.2, -0.15) is 0 Å². The summed E-state index contributed by atoms with van der Waals surface area (Å²) in [5.74, 6) is -1.08. The van der Waals surface area contributed by atoms with Crippen LogP contribution in [0.4, 0.5) is 0 Å². The molecule has 0 aliphatic rings. The summed E-state index contributed by atoms with van der Waals surface area (Å²) in [6.07, 6.45) is -0.288. The monoisotopic (exact) mass is 384 g/mol. The van der Waals surface area contributed by atoms with Gasteiger partial charge in [0.2, 0.25) is 0 Å². The standard InChI is InChI=1S/C3H5O5P.Th/c4-3(5)1-2-8-9(6)7;/h1-2H2,(H,4,5);/q;+2. The predicted octanol–water partition coefficient (Wildman–Crippen LogP) is -0.505. The molecule has 0 aliphatic heterocycles. The molecule has 5 nitrogen and oxygen atoms in total. The average molecular weight is 384 g/mol. The van der Waals surface area contributed by atoms with Crippen molar-refractivity contribution < 1.29 is 63.8 Å². The summed E-state index contributed by atoms with van der Waals surface area (Å²) in [6.45, 7) is -0.284. The van der Waals surface area contributed by atoms with Crippen molar-refractivity contribution in [1.29, 1.82) is 0 Å². The van der Waals surface area contributed by atoms with E-state index in [9.17, 15) is 14.3 Å². The van der Waals surface area contributed by atoms with Crippen LogP contribution in [0.3, 0.4) is 0 Å². The second-order valence-electron chi connectivity index (χ2n) is 1.20. The third-order valence-corrected chi connectivity index (χ3v) is 0.906. The van der Waals surface area contributed by atoms with E-state index < -0.39 is 14.2 Å². The maximum atomic E-state index is 9.70. The molecule has 7 heteroatoms. The number of rotatable bonds is 4. The maximum absolute atomic E-state index is 9.70. The fourth-order valence-electron chi connectivity index (χ4n) is 0.207. The molecule has 1 N–H and O–H groups in total. The molecule has 0 aliphatic carbocycles. The van der Waals surface area contributed by atoms with Crippen LogP contribution >= 0.6 is 8.25 Å². The zero-order valence-corrected chi connectivity index (χ0v) is 9.95. The summed E-state index contributed by atoms with van der Waals surface area (Å²) in [5, 5.41) is 7.95. The molecule has 0 saturated carbocycles. The third kappa shape index (κ3) is 11.6. The summed E-state index contributed by atoms with van der Waals surface area (Å²) >= 11 is 0. The van der Waals surface area contributed by atoms with Crippen molar-refractivity contribution in [1.82, 2.24) is 0 Å². The van der Waals surface area contributed by atoms with E-state index in [2.05, 4.69) is 4.52 Å². The SMILES string of the molecule is O=C(O)CCO[P+](=O)[O-].[Th+2]. The molecule has 0 spiro atoms. The van der Waals surface area contributed by atoms with Crippen molar-refractivity contribution in [3.63, 3.8) is 0 Å². The largest absolute Gasteiger partial charge is 2.00 e. The van der Waals surface area contributed by atoms with E-state index in [-0.39, 0.29) is 53.0 Å². The Morgan fingerprint density at radius 1 is 1.70 bits per heavy atom. The Labute approximate surface area is 90.4 Å². The molecule has 0 rings (SSSR count). The minimum atomic E-state index is -2.89. The van der Waals surface area contributed by atoms with Gasteiger partial charge in [-0.15, -0.1) is 4.52 Å². The van der Waals surface area contributed by atoms with Gasteiger partial charge in [-0.05, 0) is 4.57 Å². The Bertz CT molecular complexity index is 112. The number of carboxylic acids is 1. The van der Waals surface area contributed by atoms with E-state index in [1.165, 1.54) is 0 Å². The van der Waals surface area contributed by atoms with E-state index in [4.69, 9.17) is 5.11 Å². The zero-order chi connectivity index (χ0) is 7.28. The predicted molar refractivity (Wildman–Crippen MR) is 25.8 cm³/mol. The molecular formula is C3H5O5PTh+2. The first kappa shape index (κ1) is 13.4. The Morgan fingerprint density at radius 3 is 2.50 bits per heavy atom. The molecule has 0 amide bonds. The molecule has 0 aromatic carbocycles. The first-order valence-electron chi connectivity index (χ1n) is 2.12. The molecule has 0 bridgehead atoms. The van der Waals surface area contributed by atoms with Crippen molar-refractivity contribution in [2.45, 2.75) is 6.42 Å². The van der Waals surface area contributed by atoms with Gasteiger partial charge in [-0.1, -0.05) is 0 Å². The molecule has 10 heavy (non-hydrogen) atoms. The van der Waals surface area contributed by atoms with E-state index in [1.807, 2.05) is 0 Å². The van der Waals surface area contributed by atoms with Gasteiger partial charge in [0.05, 0.1) is 6.42 Å². The Morgan fingerprint density at radius 2 is 2.20 bits per heavy atom.